The van der Waals surface area contributed by atoms with Crippen molar-refractivity contribution >= 4 is 11.6 Å². The van der Waals surface area contributed by atoms with Crippen LogP contribution in [0.25, 0.3) is 0 Å². The van der Waals surface area contributed by atoms with Gasteiger partial charge in [0.25, 0.3) is 0 Å². The van der Waals surface area contributed by atoms with Gasteiger partial charge in [-0.3, -0.25) is 0 Å². The molecule has 0 saturated heterocycles. The summed E-state index contributed by atoms with van der Waals surface area (Å²) in [6.45, 7) is 7.08. The summed E-state index contributed by atoms with van der Waals surface area (Å²) in [5.74, 6) is 0. The standard InChI is InChI=1S/C17H26ClN/c1-13(11-14-7-6-8-15(18)12-14)19-16-9-4-5-10-17(16,2)3/h6-8,12-13,16,19H,4-5,9-11H2,1-3H3. The van der Waals surface area contributed by atoms with E-state index in [0.717, 1.165) is 11.4 Å². The summed E-state index contributed by atoms with van der Waals surface area (Å²) in [4.78, 5) is 0. The molecule has 0 spiro atoms. The second-order valence-corrected chi connectivity index (χ2v) is 7.13. The van der Waals surface area contributed by atoms with Gasteiger partial charge in [0.15, 0.2) is 0 Å². The smallest absolute Gasteiger partial charge is 0.0408 e. The Balaban J connectivity index is 1.92. The van der Waals surface area contributed by atoms with E-state index >= 15 is 0 Å². The van der Waals surface area contributed by atoms with Gasteiger partial charge in [0, 0.05) is 17.1 Å². The van der Waals surface area contributed by atoms with E-state index in [2.05, 4.69) is 38.2 Å². The average molecular weight is 280 g/mol. The van der Waals surface area contributed by atoms with Crippen LogP contribution in [0.2, 0.25) is 5.02 Å². The molecule has 0 bridgehead atoms. The monoisotopic (exact) mass is 279 g/mol. The van der Waals surface area contributed by atoms with Crippen LogP contribution in [0.5, 0.6) is 0 Å². The van der Waals surface area contributed by atoms with Gasteiger partial charge in [0.05, 0.1) is 0 Å². The van der Waals surface area contributed by atoms with Crippen LogP contribution in [-0.4, -0.2) is 12.1 Å². The number of rotatable bonds is 4. The van der Waals surface area contributed by atoms with Crippen LogP contribution in [-0.2, 0) is 6.42 Å². The lowest BCUT2D eigenvalue weighted by atomic mass is 9.73. The van der Waals surface area contributed by atoms with Gasteiger partial charge in [-0.05, 0) is 49.3 Å². The summed E-state index contributed by atoms with van der Waals surface area (Å²) >= 11 is 6.05. The van der Waals surface area contributed by atoms with Crippen molar-refractivity contribution in [3.63, 3.8) is 0 Å². The quantitative estimate of drug-likeness (QED) is 0.832. The lowest BCUT2D eigenvalue weighted by Gasteiger charge is -2.40. The van der Waals surface area contributed by atoms with E-state index in [1.807, 2.05) is 12.1 Å². The fourth-order valence-corrected chi connectivity index (χ4v) is 3.44. The second kappa shape index (κ2) is 6.28. The second-order valence-electron chi connectivity index (χ2n) is 6.69. The number of hydrogen-bond acceptors (Lipinski definition) is 1. The molecule has 0 radical (unpaired) electrons. The van der Waals surface area contributed by atoms with E-state index in [9.17, 15) is 0 Å². The first kappa shape index (κ1) is 14.9. The molecular formula is C17H26ClN. The fraction of sp³-hybridized carbons (Fsp3) is 0.647. The Morgan fingerprint density at radius 2 is 2.16 bits per heavy atom. The molecule has 1 aliphatic carbocycles. The third-order valence-corrected chi connectivity index (χ3v) is 4.66. The molecule has 0 amide bonds. The van der Waals surface area contributed by atoms with Crippen LogP contribution in [0.1, 0.15) is 52.0 Å². The Morgan fingerprint density at radius 1 is 1.37 bits per heavy atom. The summed E-state index contributed by atoms with van der Waals surface area (Å²) in [6, 6.07) is 9.36. The van der Waals surface area contributed by atoms with Gasteiger partial charge in [0.2, 0.25) is 0 Å². The van der Waals surface area contributed by atoms with Crippen molar-refractivity contribution < 1.29 is 0 Å². The Morgan fingerprint density at radius 3 is 2.84 bits per heavy atom. The van der Waals surface area contributed by atoms with E-state index in [1.165, 1.54) is 31.2 Å². The van der Waals surface area contributed by atoms with Gasteiger partial charge in [-0.1, -0.05) is 50.4 Å². The number of nitrogens with one attached hydrogen (secondary N) is 1. The summed E-state index contributed by atoms with van der Waals surface area (Å²) in [6.07, 6.45) is 6.45. The molecule has 106 valence electrons. The van der Waals surface area contributed by atoms with Crippen LogP contribution < -0.4 is 5.32 Å². The molecule has 0 aromatic heterocycles. The number of hydrogen-bond donors (Lipinski definition) is 1. The highest BCUT2D eigenvalue weighted by Gasteiger charge is 2.32. The van der Waals surface area contributed by atoms with Crippen molar-refractivity contribution in [1.82, 2.24) is 5.32 Å². The fourth-order valence-electron chi connectivity index (χ4n) is 3.22. The molecule has 0 heterocycles. The van der Waals surface area contributed by atoms with Crippen LogP contribution >= 0.6 is 11.6 Å². The topological polar surface area (TPSA) is 12.0 Å². The van der Waals surface area contributed by atoms with Gasteiger partial charge >= 0.3 is 0 Å². The van der Waals surface area contributed by atoms with Crippen molar-refractivity contribution in [3.8, 4) is 0 Å². The van der Waals surface area contributed by atoms with E-state index in [0.29, 0.717) is 17.5 Å². The molecule has 2 heteroatoms. The summed E-state index contributed by atoms with van der Waals surface area (Å²) in [5, 5.41) is 4.67. The molecule has 1 aromatic carbocycles. The molecule has 1 N–H and O–H groups in total. The summed E-state index contributed by atoms with van der Waals surface area (Å²) in [5.41, 5.74) is 1.75. The van der Waals surface area contributed by atoms with Crippen molar-refractivity contribution in [2.75, 3.05) is 0 Å². The molecule has 2 atom stereocenters. The van der Waals surface area contributed by atoms with E-state index in [1.54, 1.807) is 0 Å². The maximum atomic E-state index is 6.05. The summed E-state index contributed by atoms with van der Waals surface area (Å²) < 4.78 is 0. The largest absolute Gasteiger partial charge is 0.311 e. The van der Waals surface area contributed by atoms with E-state index in [-0.39, 0.29) is 0 Å². The first-order valence-electron chi connectivity index (χ1n) is 7.48. The number of halogens is 1. The molecule has 2 unspecified atom stereocenters. The predicted octanol–water partition coefficient (Wildman–Crippen LogP) is 4.83. The normalized spacial score (nSPS) is 24.1. The van der Waals surface area contributed by atoms with Crippen molar-refractivity contribution in [3.05, 3.63) is 34.9 Å². The minimum atomic E-state index is 0.431. The van der Waals surface area contributed by atoms with Gasteiger partial charge < -0.3 is 5.32 Å². The SMILES string of the molecule is CC(Cc1cccc(Cl)c1)NC1CCCCC1(C)C. The van der Waals surface area contributed by atoms with Crippen LogP contribution in [0.3, 0.4) is 0 Å². The molecule has 1 aliphatic rings. The Hall–Kier alpha value is -0.530. The molecule has 19 heavy (non-hydrogen) atoms. The third-order valence-electron chi connectivity index (χ3n) is 4.42. The first-order valence-corrected chi connectivity index (χ1v) is 7.86. The highest BCUT2D eigenvalue weighted by atomic mass is 35.5. The van der Waals surface area contributed by atoms with E-state index < -0.39 is 0 Å². The maximum Gasteiger partial charge on any atom is 0.0408 e. The van der Waals surface area contributed by atoms with Crippen LogP contribution in [0, 0.1) is 5.41 Å². The molecule has 1 saturated carbocycles. The summed E-state index contributed by atoms with van der Waals surface area (Å²) in [7, 11) is 0. The zero-order chi connectivity index (χ0) is 13.9. The van der Waals surface area contributed by atoms with Crippen LogP contribution in [0.15, 0.2) is 24.3 Å². The minimum absolute atomic E-state index is 0.431. The maximum absolute atomic E-state index is 6.05. The Labute approximate surface area is 122 Å². The minimum Gasteiger partial charge on any atom is -0.311 e. The van der Waals surface area contributed by atoms with Gasteiger partial charge in [-0.15, -0.1) is 0 Å². The predicted molar refractivity (Wildman–Crippen MR) is 83.8 cm³/mol. The molecule has 0 aliphatic heterocycles. The van der Waals surface area contributed by atoms with Gasteiger partial charge in [-0.2, -0.15) is 0 Å². The highest BCUT2D eigenvalue weighted by Crippen LogP contribution is 2.35. The van der Waals surface area contributed by atoms with E-state index in [4.69, 9.17) is 11.6 Å². The average Bonchev–Trinajstić information content (AvgIpc) is 2.32. The zero-order valence-corrected chi connectivity index (χ0v) is 13.1. The van der Waals surface area contributed by atoms with Crippen molar-refractivity contribution in [1.29, 1.82) is 0 Å². The Bertz CT molecular complexity index is 413. The highest BCUT2D eigenvalue weighted by molar-refractivity contribution is 6.30. The Kier molecular flexibility index (Phi) is 4.92. The third kappa shape index (κ3) is 4.22. The van der Waals surface area contributed by atoms with Gasteiger partial charge in [-0.25, -0.2) is 0 Å². The molecular weight excluding hydrogens is 254 g/mol. The molecule has 2 rings (SSSR count). The van der Waals surface area contributed by atoms with Crippen molar-refractivity contribution in [2.24, 2.45) is 5.41 Å². The molecule has 1 fully saturated rings. The lowest BCUT2D eigenvalue weighted by Crippen LogP contribution is -2.48. The lowest BCUT2D eigenvalue weighted by molar-refractivity contribution is 0.157. The zero-order valence-electron chi connectivity index (χ0n) is 12.4. The molecule has 1 aromatic rings. The first-order chi connectivity index (χ1) is 8.97. The van der Waals surface area contributed by atoms with Crippen molar-refractivity contribution in [2.45, 2.75) is 65.0 Å². The van der Waals surface area contributed by atoms with Crippen LogP contribution in [0.4, 0.5) is 0 Å². The molecule has 1 nitrogen and oxygen atoms in total. The van der Waals surface area contributed by atoms with Gasteiger partial charge in [0.1, 0.15) is 0 Å². The number of benzene rings is 1.